The van der Waals surface area contributed by atoms with Gasteiger partial charge in [0.1, 0.15) is 11.5 Å². The summed E-state index contributed by atoms with van der Waals surface area (Å²) in [6, 6.07) is 12.8. The molecule has 0 aliphatic heterocycles. The minimum atomic E-state index is -0.470. The summed E-state index contributed by atoms with van der Waals surface area (Å²) >= 11 is 5.88. The summed E-state index contributed by atoms with van der Waals surface area (Å²) in [6.45, 7) is 0. The Hall–Kier alpha value is -2.40. The summed E-state index contributed by atoms with van der Waals surface area (Å²) in [7, 11) is 0. The lowest BCUT2D eigenvalue weighted by molar-refractivity contribution is -0.678. The van der Waals surface area contributed by atoms with E-state index in [4.69, 9.17) is 11.6 Å². The average Bonchev–Trinajstić information content (AvgIpc) is 2.81. The van der Waals surface area contributed by atoms with E-state index in [1.807, 2.05) is 0 Å². The summed E-state index contributed by atoms with van der Waals surface area (Å²) in [4.78, 5) is 1.65. The smallest absolute Gasteiger partial charge is 0.215 e. The zero-order valence-corrected chi connectivity index (χ0v) is 11.0. The highest BCUT2D eigenvalue weighted by Gasteiger charge is 2.18. The third-order valence-corrected chi connectivity index (χ3v) is 3.09. The Morgan fingerprint density at radius 3 is 2.70 bits per heavy atom. The van der Waals surface area contributed by atoms with Crippen molar-refractivity contribution in [3.8, 4) is 16.9 Å². The van der Waals surface area contributed by atoms with Gasteiger partial charge in [0.25, 0.3) is 0 Å². The molecule has 1 heterocycles. The molecule has 100 valence electrons. The second kappa shape index (κ2) is 4.94. The molecule has 0 aliphatic rings. The fourth-order valence-corrected chi connectivity index (χ4v) is 2.11. The van der Waals surface area contributed by atoms with E-state index in [0.717, 1.165) is 4.80 Å². The van der Waals surface area contributed by atoms with E-state index in [0.29, 0.717) is 15.6 Å². The second-order valence-electron chi connectivity index (χ2n) is 4.15. The number of aromatic nitrogens is 3. The first-order valence-electron chi connectivity index (χ1n) is 5.85. The van der Waals surface area contributed by atoms with Crippen LogP contribution in [0, 0.1) is 11.0 Å². The van der Waals surface area contributed by atoms with Gasteiger partial charge in [0.05, 0.1) is 5.56 Å². The molecule has 0 saturated heterocycles. The number of hydrogen-bond donors (Lipinski definition) is 0. The lowest BCUT2D eigenvalue weighted by Gasteiger charge is -2.07. The van der Waals surface area contributed by atoms with Crippen LogP contribution < -0.4 is 4.85 Å². The third kappa shape index (κ3) is 2.12. The highest BCUT2D eigenvalue weighted by atomic mass is 35.5. The number of rotatable bonds is 2. The van der Waals surface area contributed by atoms with Crippen LogP contribution in [0.4, 0.5) is 4.39 Å². The van der Waals surface area contributed by atoms with Crippen LogP contribution in [0.2, 0.25) is 5.02 Å². The van der Waals surface area contributed by atoms with E-state index < -0.39 is 5.82 Å². The van der Waals surface area contributed by atoms with Crippen LogP contribution in [-0.2, 0) is 0 Å². The van der Waals surface area contributed by atoms with Crippen LogP contribution in [-0.4, -0.2) is 9.90 Å². The Morgan fingerprint density at radius 1 is 1.15 bits per heavy atom. The first-order chi connectivity index (χ1) is 9.66. The Kier molecular flexibility index (Phi) is 3.12. The molecule has 1 aromatic heterocycles. The molecule has 0 N–H and O–H groups in total. The molecule has 0 unspecified atom stereocenters. The van der Waals surface area contributed by atoms with Gasteiger partial charge < -0.3 is 5.21 Å². The summed E-state index contributed by atoms with van der Waals surface area (Å²) in [5, 5.41) is 16.7. The number of nitrogens with zero attached hydrogens (tertiary/aromatic N) is 3. The minimum absolute atomic E-state index is 0.142. The van der Waals surface area contributed by atoms with Crippen LogP contribution in [0.25, 0.3) is 16.9 Å². The Morgan fingerprint density at radius 2 is 1.95 bits per heavy atom. The summed E-state index contributed by atoms with van der Waals surface area (Å²) in [5.74, 6) is -0.470. The van der Waals surface area contributed by atoms with Crippen molar-refractivity contribution in [2.24, 2.45) is 0 Å². The Balaban J connectivity index is 2.12. The summed E-state index contributed by atoms with van der Waals surface area (Å²) in [6.07, 6.45) is 1.33. The maximum absolute atomic E-state index is 13.7. The van der Waals surface area contributed by atoms with Gasteiger partial charge in [-0.05, 0) is 35.1 Å². The Bertz CT molecular complexity index is 773. The maximum atomic E-state index is 13.7. The van der Waals surface area contributed by atoms with E-state index in [-0.39, 0.29) is 11.3 Å². The van der Waals surface area contributed by atoms with Crippen molar-refractivity contribution in [3.05, 3.63) is 70.8 Å². The monoisotopic (exact) mass is 289 g/mol. The van der Waals surface area contributed by atoms with Gasteiger partial charge in [0.15, 0.2) is 0 Å². The topological polar surface area (TPSA) is 44.8 Å². The van der Waals surface area contributed by atoms with Crippen molar-refractivity contribution in [1.29, 1.82) is 0 Å². The van der Waals surface area contributed by atoms with E-state index in [1.165, 1.54) is 18.3 Å². The highest BCUT2D eigenvalue weighted by molar-refractivity contribution is 6.30. The fraction of sp³-hybridized carbons (Fsp3) is 0. The molecule has 0 saturated carbocycles. The van der Waals surface area contributed by atoms with Crippen LogP contribution in [0.1, 0.15) is 0 Å². The molecule has 2 aromatic carbocycles. The minimum Gasteiger partial charge on any atom is -0.692 e. The quantitative estimate of drug-likeness (QED) is 0.538. The lowest BCUT2D eigenvalue weighted by Crippen LogP contribution is -2.38. The predicted octanol–water partition coefficient (Wildman–Crippen LogP) is 2.97. The van der Waals surface area contributed by atoms with Crippen molar-refractivity contribution in [1.82, 2.24) is 9.90 Å². The first kappa shape index (κ1) is 12.6. The number of halogens is 2. The largest absolute Gasteiger partial charge is 0.692 e. The molecule has 3 rings (SSSR count). The first-order valence-corrected chi connectivity index (χ1v) is 6.23. The predicted molar refractivity (Wildman–Crippen MR) is 72.9 cm³/mol. The van der Waals surface area contributed by atoms with Gasteiger partial charge in [0.2, 0.25) is 11.9 Å². The van der Waals surface area contributed by atoms with E-state index in [9.17, 15) is 9.60 Å². The molecule has 0 fully saturated rings. The van der Waals surface area contributed by atoms with Gasteiger partial charge >= 0.3 is 0 Å². The highest BCUT2D eigenvalue weighted by Crippen LogP contribution is 2.19. The molecule has 0 bridgehead atoms. The molecular weight excluding hydrogens is 281 g/mol. The molecule has 0 radical (unpaired) electrons. The molecule has 0 atom stereocenters. The summed E-state index contributed by atoms with van der Waals surface area (Å²) < 4.78 is 13.7. The standard InChI is InChI=1S/C14H9ClFN3O/c15-10-4-3-5-11(8-10)18-17-9-14(19(18)20)12-6-1-2-7-13(12)16/h1-9H. The molecule has 20 heavy (non-hydrogen) atoms. The van der Waals surface area contributed by atoms with Crippen molar-refractivity contribution >= 4 is 11.6 Å². The fourth-order valence-electron chi connectivity index (χ4n) is 1.92. The molecule has 0 spiro atoms. The van der Waals surface area contributed by atoms with E-state index in [2.05, 4.69) is 5.10 Å². The van der Waals surface area contributed by atoms with Crippen LogP contribution >= 0.6 is 11.6 Å². The molecular formula is C14H9ClFN3O. The van der Waals surface area contributed by atoms with E-state index in [1.54, 1.807) is 36.4 Å². The van der Waals surface area contributed by atoms with Crippen molar-refractivity contribution < 1.29 is 9.24 Å². The SMILES string of the molecule is [O-][n+]1c(-c2ccccc2F)cnn1-c1cccc(Cl)c1. The van der Waals surface area contributed by atoms with Gasteiger partial charge in [-0.1, -0.05) is 29.8 Å². The van der Waals surface area contributed by atoms with Crippen molar-refractivity contribution in [2.45, 2.75) is 0 Å². The number of hydrogen-bond acceptors (Lipinski definition) is 2. The number of benzene rings is 2. The van der Waals surface area contributed by atoms with Gasteiger partial charge in [-0.3, -0.25) is 0 Å². The van der Waals surface area contributed by atoms with Gasteiger partial charge in [-0.2, -0.15) is 0 Å². The van der Waals surface area contributed by atoms with Crippen LogP contribution in [0.5, 0.6) is 0 Å². The van der Waals surface area contributed by atoms with Crippen LogP contribution in [0.3, 0.4) is 0 Å². The van der Waals surface area contributed by atoms with Crippen molar-refractivity contribution in [3.63, 3.8) is 0 Å². The zero-order valence-electron chi connectivity index (χ0n) is 10.2. The van der Waals surface area contributed by atoms with Gasteiger partial charge in [-0.15, -0.1) is 4.85 Å². The molecule has 4 nitrogen and oxygen atoms in total. The molecule has 0 aliphatic carbocycles. The van der Waals surface area contributed by atoms with E-state index >= 15 is 0 Å². The van der Waals surface area contributed by atoms with Gasteiger partial charge in [-0.25, -0.2) is 4.39 Å². The molecule has 3 aromatic rings. The van der Waals surface area contributed by atoms with Gasteiger partial charge in [0, 0.05) is 10.1 Å². The maximum Gasteiger partial charge on any atom is 0.215 e. The molecule has 0 amide bonds. The zero-order chi connectivity index (χ0) is 14.1. The molecule has 6 heteroatoms. The second-order valence-corrected chi connectivity index (χ2v) is 4.59. The average molecular weight is 290 g/mol. The lowest BCUT2D eigenvalue weighted by atomic mass is 10.1. The summed E-state index contributed by atoms with van der Waals surface area (Å²) in [5.41, 5.74) is 0.856. The van der Waals surface area contributed by atoms with Crippen LogP contribution in [0.15, 0.2) is 54.7 Å². The van der Waals surface area contributed by atoms with Crippen molar-refractivity contribution in [2.75, 3.05) is 0 Å². The normalized spacial score (nSPS) is 10.7. The third-order valence-electron chi connectivity index (χ3n) is 2.86. The Labute approximate surface area is 119 Å².